The van der Waals surface area contributed by atoms with Crippen molar-refractivity contribution >= 4 is 11.9 Å². The van der Waals surface area contributed by atoms with Crippen LogP contribution >= 0.6 is 0 Å². The maximum absolute atomic E-state index is 12.7. The molecule has 17 heavy (non-hydrogen) atoms. The summed E-state index contributed by atoms with van der Waals surface area (Å²) in [4.78, 5) is 4.42. The Balaban J connectivity index is 2.25. The third kappa shape index (κ3) is 3.00. The molecule has 2 rings (SSSR count). The summed E-state index contributed by atoms with van der Waals surface area (Å²) in [5.41, 5.74) is 4.16. The van der Waals surface area contributed by atoms with Gasteiger partial charge in [-0.3, -0.25) is 4.99 Å². The first-order valence-corrected chi connectivity index (χ1v) is 5.52. The minimum Gasteiger partial charge on any atom is -0.256 e. The van der Waals surface area contributed by atoms with Crippen molar-refractivity contribution in [1.82, 2.24) is 0 Å². The minimum absolute atomic E-state index is 0.228. The summed E-state index contributed by atoms with van der Waals surface area (Å²) in [5.74, 6) is -0.228. The number of benzene rings is 2. The van der Waals surface area contributed by atoms with Gasteiger partial charge in [0.2, 0.25) is 0 Å². The van der Waals surface area contributed by atoms with E-state index in [9.17, 15) is 4.39 Å². The lowest BCUT2D eigenvalue weighted by molar-refractivity contribution is 0.628. The molecule has 0 radical (unpaired) electrons. The maximum atomic E-state index is 12.7. The quantitative estimate of drug-likeness (QED) is 0.682. The van der Waals surface area contributed by atoms with Gasteiger partial charge in [0.15, 0.2) is 0 Å². The highest BCUT2D eigenvalue weighted by Gasteiger charge is 1.96. The Bertz CT molecular complexity index is 541. The summed E-state index contributed by atoms with van der Waals surface area (Å²) in [6.45, 7) is 4.06. The molecule has 0 saturated carbocycles. The molecule has 0 heterocycles. The van der Waals surface area contributed by atoms with Crippen molar-refractivity contribution in [2.75, 3.05) is 0 Å². The lowest BCUT2D eigenvalue weighted by Crippen LogP contribution is -1.82. The summed E-state index contributed by atoms with van der Waals surface area (Å²) in [6.07, 6.45) is 1.75. The standard InChI is InChI=1S/C15H14FN/c1-11-3-4-12(2)15(9-11)17-10-13-5-7-14(16)8-6-13/h3-10H,1-2H3. The van der Waals surface area contributed by atoms with Gasteiger partial charge in [-0.15, -0.1) is 0 Å². The van der Waals surface area contributed by atoms with Gasteiger partial charge in [-0.1, -0.05) is 24.3 Å². The van der Waals surface area contributed by atoms with Crippen molar-refractivity contribution in [2.24, 2.45) is 4.99 Å². The van der Waals surface area contributed by atoms with Crippen LogP contribution in [0, 0.1) is 19.7 Å². The third-order valence-corrected chi connectivity index (χ3v) is 2.59. The molecule has 0 aliphatic rings. The molecule has 0 saturated heterocycles. The lowest BCUT2D eigenvalue weighted by Gasteiger charge is -2.01. The van der Waals surface area contributed by atoms with Crippen LogP contribution in [0.4, 0.5) is 10.1 Å². The Kier molecular flexibility index (Phi) is 3.33. The topological polar surface area (TPSA) is 12.4 Å². The van der Waals surface area contributed by atoms with Gasteiger partial charge in [0.05, 0.1) is 5.69 Å². The predicted octanol–water partition coefficient (Wildman–Crippen LogP) is 4.19. The SMILES string of the molecule is Cc1ccc(C)c(N=Cc2ccc(F)cc2)c1. The van der Waals surface area contributed by atoms with Gasteiger partial charge in [-0.2, -0.15) is 0 Å². The zero-order chi connectivity index (χ0) is 12.3. The maximum Gasteiger partial charge on any atom is 0.123 e. The second-order valence-corrected chi connectivity index (χ2v) is 4.10. The molecule has 0 bridgehead atoms. The van der Waals surface area contributed by atoms with Crippen LogP contribution in [-0.4, -0.2) is 6.21 Å². The first kappa shape index (κ1) is 11.5. The van der Waals surface area contributed by atoms with Crippen molar-refractivity contribution in [1.29, 1.82) is 0 Å². The Morgan fingerprint density at radius 3 is 2.41 bits per heavy atom. The van der Waals surface area contributed by atoms with Gasteiger partial charge < -0.3 is 0 Å². The highest BCUT2D eigenvalue weighted by atomic mass is 19.1. The fourth-order valence-electron chi connectivity index (χ4n) is 1.55. The van der Waals surface area contributed by atoms with Gasteiger partial charge in [0.1, 0.15) is 5.82 Å². The van der Waals surface area contributed by atoms with E-state index in [2.05, 4.69) is 11.1 Å². The number of aryl methyl sites for hydroxylation is 2. The number of nitrogens with zero attached hydrogens (tertiary/aromatic N) is 1. The van der Waals surface area contributed by atoms with Crippen LogP contribution < -0.4 is 0 Å². The normalized spacial score (nSPS) is 11.0. The molecule has 0 aliphatic heterocycles. The molecule has 86 valence electrons. The average molecular weight is 227 g/mol. The summed E-state index contributed by atoms with van der Waals surface area (Å²) in [7, 11) is 0. The van der Waals surface area contributed by atoms with Crippen molar-refractivity contribution in [3.8, 4) is 0 Å². The molecule has 0 spiro atoms. The number of hydrogen-bond donors (Lipinski definition) is 0. The molecule has 0 N–H and O–H groups in total. The average Bonchev–Trinajstić information content (AvgIpc) is 2.32. The molecule has 0 atom stereocenters. The van der Waals surface area contributed by atoms with E-state index in [1.165, 1.54) is 17.7 Å². The molecular weight excluding hydrogens is 213 g/mol. The van der Waals surface area contributed by atoms with Crippen LogP contribution in [0.5, 0.6) is 0 Å². The molecule has 0 aliphatic carbocycles. The predicted molar refractivity (Wildman–Crippen MR) is 69.6 cm³/mol. The van der Waals surface area contributed by atoms with E-state index < -0.39 is 0 Å². The molecule has 0 aromatic heterocycles. The molecule has 2 aromatic carbocycles. The van der Waals surface area contributed by atoms with Crippen molar-refractivity contribution in [2.45, 2.75) is 13.8 Å². The van der Waals surface area contributed by atoms with E-state index in [0.29, 0.717) is 0 Å². The fourth-order valence-corrected chi connectivity index (χ4v) is 1.55. The van der Waals surface area contributed by atoms with Crippen LogP contribution in [0.15, 0.2) is 47.5 Å². The Labute approximate surface area is 101 Å². The molecule has 0 unspecified atom stereocenters. The number of halogens is 1. The molecular formula is C15H14FN. The number of hydrogen-bond acceptors (Lipinski definition) is 1. The second kappa shape index (κ2) is 4.91. The summed E-state index contributed by atoms with van der Waals surface area (Å²) < 4.78 is 12.7. The Morgan fingerprint density at radius 2 is 1.71 bits per heavy atom. The van der Waals surface area contributed by atoms with Crippen molar-refractivity contribution in [3.05, 3.63) is 65.0 Å². The highest BCUT2D eigenvalue weighted by molar-refractivity contribution is 5.82. The monoisotopic (exact) mass is 227 g/mol. The molecule has 0 amide bonds. The summed E-state index contributed by atoms with van der Waals surface area (Å²) >= 11 is 0. The van der Waals surface area contributed by atoms with Crippen LogP contribution in [0.3, 0.4) is 0 Å². The fraction of sp³-hybridized carbons (Fsp3) is 0.133. The van der Waals surface area contributed by atoms with Crippen molar-refractivity contribution in [3.63, 3.8) is 0 Å². The number of rotatable bonds is 2. The van der Waals surface area contributed by atoms with Crippen molar-refractivity contribution < 1.29 is 4.39 Å². The van der Waals surface area contributed by atoms with Crippen LogP contribution in [-0.2, 0) is 0 Å². The van der Waals surface area contributed by atoms with E-state index in [4.69, 9.17) is 0 Å². The Morgan fingerprint density at radius 1 is 1.00 bits per heavy atom. The number of aliphatic imine (C=N–C) groups is 1. The first-order valence-electron chi connectivity index (χ1n) is 5.52. The largest absolute Gasteiger partial charge is 0.256 e. The lowest BCUT2D eigenvalue weighted by atomic mass is 10.1. The van der Waals surface area contributed by atoms with Gasteiger partial charge in [0, 0.05) is 6.21 Å². The van der Waals surface area contributed by atoms with E-state index in [0.717, 1.165) is 16.8 Å². The van der Waals surface area contributed by atoms with Gasteiger partial charge in [-0.05, 0) is 48.7 Å². The van der Waals surface area contributed by atoms with E-state index in [-0.39, 0.29) is 5.82 Å². The zero-order valence-corrected chi connectivity index (χ0v) is 9.94. The first-order chi connectivity index (χ1) is 8.15. The van der Waals surface area contributed by atoms with E-state index in [1.807, 2.05) is 26.0 Å². The van der Waals surface area contributed by atoms with E-state index >= 15 is 0 Å². The molecule has 0 fully saturated rings. The summed E-state index contributed by atoms with van der Waals surface area (Å²) in [6, 6.07) is 12.4. The second-order valence-electron chi connectivity index (χ2n) is 4.10. The van der Waals surface area contributed by atoms with Crippen LogP contribution in [0.2, 0.25) is 0 Å². The zero-order valence-electron chi connectivity index (χ0n) is 9.94. The minimum atomic E-state index is -0.228. The van der Waals surface area contributed by atoms with Gasteiger partial charge >= 0.3 is 0 Å². The Hall–Kier alpha value is -1.96. The third-order valence-electron chi connectivity index (χ3n) is 2.59. The van der Waals surface area contributed by atoms with Crippen LogP contribution in [0.1, 0.15) is 16.7 Å². The van der Waals surface area contributed by atoms with Crippen LogP contribution in [0.25, 0.3) is 0 Å². The van der Waals surface area contributed by atoms with Gasteiger partial charge in [-0.25, -0.2) is 4.39 Å². The highest BCUT2D eigenvalue weighted by Crippen LogP contribution is 2.19. The molecule has 1 nitrogen and oxygen atoms in total. The smallest absolute Gasteiger partial charge is 0.123 e. The molecule has 2 aromatic rings. The van der Waals surface area contributed by atoms with Gasteiger partial charge in [0.25, 0.3) is 0 Å². The molecule has 2 heteroatoms. The van der Waals surface area contributed by atoms with E-state index in [1.54, 1.807) is 18.3 Å². The summed E-state index contributed by atoms with van der Waals surface area (Å²) in [5, 5.41) is 0.